The van der Waals surface area contributed by atoms with Gasteiger partial charge in [-0.25, -0.2) is 14.6 Å². The molecule has 4 rings (SSSR count). The maximum atomic E-state index is 12.1. The monoisotopic (exact) mass is 882 g/mol. The first-order valence-corrected chi connectivity index (χ1v) is 18.9. The van der Waals surface area contributed by atoms with Crippen LogP contribution in [0.5, 0.6) is 0 Å². The summed E-state index contributed by atoms with van der Waals surface area (Å²) in [6, 6.07) is 3.96. The topological polar surface area (TPSA) is 122 Å². The van der Waals surface area contributed by atoms with Crippen LogP contribution in [-0.4, -0.2) is 80.2 Å². The number of hydrogen-bond acceptors (Lipinski definition) is 8. The second-order valence-electron chi connectivity index (χ2n) is 13.9. The van der Waals surface area contributed by atoms with E-state index in [4.69, 9.17) is 9.47 Å². The van der Waals surface area contributed by atoms with Crippen LogP contribution in [0.25, 0.3) is 0 Å². The Morgan fingerprint density at radius 3 is 1.60 bits per heavy atom. The van der Waals surface area contributed by atoms with Crippen LogP contribution in [0.3, 0.4) is 0 Å². The molecule has 2 saturated heterocycles. The van der Waals surface area contributed by atoms with E-state index >= 15 is 0 Å². The number of amides is 2. The summed E-state index contributed by atoms with van der Waals surface area (Å²) < 4.78 is 13.4. The van der Waals surface area contributed by atoms with Crippen molar-refractivity contribution in [3.63, 3.8) is 0 Å². The molecule has 50 heavy (non-hydrogen) atoms. The Labute approximate surface area is 336 Å². The average Bonchev–Trinajstić information content (AvgIpc) is 2.99. The fraction of sp³-hybridized carbons (Fsp3) is 0.611. The number of hydrogen-bond donors (Lipinski definition) is 1. The molecule has 0 bridgehead atoms. The Morgan fingerprint density at radius 1 is 0.840 bits per heavy atom. The zero-order valence-electron chi connectivity index (χ0n) is 31.5. The van der Waals surface area contributed by atoms with E-state index < -0.39 is 16.8 Å². The Morgan fingerprint density at radius 2 is 1.24 bits per heavy atom. The summed E-state index contributed by atoms with van der Waals surface area (Å²) in [5.41, 5.74) is 0.836. The van der Waals surface area contributed by atoms with Gasteiger partial charge >= 0.3 is 31.0 Å². The molecule has 14 heteroatoms. The minimum Gasteiger partial charge on any atom is -0.444 e. The first kappa shape index (κ1) is 48.5. The predicted octanol–water partition coefficient (Wildman–Crippen LogP) is 6.50. The molecule has 0 aliphatic carbocycles. The molecule has 0 saturated carbocycles. The van der Waals surface area contributed by atoms with Crippen molar-refractivity contribution < 1.29 is 47.8 Å². The van der Waals surface area contributed by atoms with Gasteiger partial charge in [0.1, 0.15) is 27.2 Å². The largest absolute Gasteiger partial charge is 1.00 e. The van der Waals surface area contributed by atoms with E-state index in [1.165, 1.54) is 6.42 Å². The fourth-order valence-electron chi connectivity index (χ4n) is 4.44. The summed E-state index contributed by atoms with van der Waals surface area (Å²) in [5.74, 6) is 0.227. The van der Waals surface area contributed by atoms with Crippen LogP contribution in [0, 0.1) is 20.8 Å². The molecule has 2 aliphatic heterocycles. The van der Waals surface area contributed by atoms with E-state index in [1.54, 1.807) is 22.2 Å². The Kier molecular flexibility index (Phi) is 21.9. The van der Waals surface area contributed by atoms with Gasteiger partial charge in [0.15, 0.2) is 0 Å². The van der Waals surface area contributed by atoms with Gasteiger partial charge in [0, 0.05) is 60.4 Å². The number of rotatable bonds is 2. The number of aliphatic hydroxyl groups is 1. The number of piperidine rings is 2. The molecule has 0 aromatic carbocycles. The molecule has 2 aromatic heterocycles. The molecular formula is C36H54Br3LiN4O6. The van der Waals surface area contributed by atoms with Gasteiger partial charge < -0.3 is 31.3 Å². The van der Waals surface area contributed by atoms with Crippen LogP contribution in [-0.2, 0) is 19.9 Å². The van der Waals surface area contributed by atoms with E-state index in [-0.39, 0.29) is 36.8 Å². The molecule has 276 valence electrons. The number of carbonyl (C=O) groups is 3. The van der Waals surface area contributed by atoms with Crippen LogP contribution >= 0.6 is 47.8 Å². The van der Waals surface area contributed by atoms with Crippen LogP contribution in [0.2, 0.25) is 0 Å². The molecule has 0 spiro atoms. The third-order valence-corrected chi connectivity index (χ3v) is 8.73. The van der Waals surface area contributed by atoms with Gasteiger partial charge in [0.2, 0.25) is 0 Å². The second-order valence-corrected chi connectivity index (χ2v) is 16.5. The molecule has 2 fully saturated rings. The molecule has 0 atom stereocenters. The molecular weight excluding hydrogens is 831 g/mol. The van der Waals surface area contributed by atoms with E-state index in [2.05, 4.69) is 71.6 Å². The molecule has 2 aliphatic rings. The van der Waals surface area contributed by atoms with Crippen LogP contribution in [0.15, 0.2) is 38.1 Å². The summed E-state index contributed by atoms with van der Waals surface area (Å²) in [7, 11) is 0. The van der Waals surface area contributed by atoms with Crippen molar-refractivity contribution in [1.82, 2.24) is 19.8 Å². The number of carbonyl (C=O) groups excluding carboxylic acids is 3. The maximum absolute atomic E-state index is 12.1. The summed E-state index contributed by atoms with van der Waals surface area (Å²) in [6.45, 7) is 22.6. The first-order valence-electron chi connectivity index (χ1n) is 16.5. The van der Waals surface area contributed by atoms with Gasteiger partial charge in [0.05, 0.1) is 5.69 Å². The third kappa shape index (κ3) is 18.8. The molecule has 2 aromatic rings. The SMILES string of the molecule is CC(C)(C)OC(=O)N1CCC(=O)CC1.Cc1cc(Br)cnc1Br.Cc1cc(Br)cnc1C1(O)CCN(C(=O)OC(C)(C)C)CC1.[CH2-]CCC.[Li+]. The van der Waals surface area contributed by atoms with Crippen molar-refractivity contribution in [2.45, 2.75) is 118 Å². The number of ketones is 1. The van der Waals surface area contributed by atoms with E-state index in [0.29, 0.717) is 57.6 Å². The van der Waals surface area contributed by atoms with Crippen molar-refractivity contribution >= 4 is 65.8 Å². The minimum absolute atomic E-state index is 0. The molecule has 2 amide bonds. The number of aromatic nitrogens is 2. The van der Waals surface area contributed by atoms with Crippen LogP contribution < -0.4 is 18.9 Å². The van der Waals surface area contributed by atoms with Gasteiger partial charge in [0.25, 0.3) is 0 Å². The first-order chi connectivity index (χ1) is 22.6. The van der Waals surface area contributed by atoms with Gasteiger partial charge in [-0.1, -0.05) is 13.3 Å². The van der Waals surface area contributed by atoms with E-state index in [0.717, 1.165) is 31.1 Å². The average molecular weight is 886 g/mol. The number of Topliss-reactive ketones (excluding diaryl/α,β-unsaturated/α-hetero) is 1. The zero-order chi connectivity index (χ0) is 37.6. The summed E-state index contributed by atoms with van der Waals surface area (Å²) >= 11 is 9.99. The fourth-order valence-corrected chi connectivity index (χ4v) is 5.55. The number of likely N-dealkylation sites (tertiary alicyclic amines) is 2. The van der Waals surface area contributed by atoms with Gasteiger partial charge in [-0.3, -0.25) is 9.78 Å². The number of nitrogens with zero attached hydrogens (tertiary/aromatic N) is 4. The van der Waals surface area contributed by atoms with Crippen molar-refractivity contribution in [3.8, 4) is 0 Å². The summed E-state index contributed by atoms with van der Waals surface area (Å²) in [6.07, 6.45) is 6.93. The normalized spacial score (nSPS) is 15.4. The van der Waals surface area contributed by atoms with Crippen molar-refractivity contribution in [2.24, 2.45) is 0 Å². The summed E-state index contributed by atoms with van der Waals surface area (Å²) in [4.78, 5) is 46.2. The number of pyridine rings is 2. The quantitative estimate of drug-likeness (QED) is 0.206. The molecule has 1 N–H and O–H groups in total. The van der Waals surface area contributed by atoms with Gasteiger partial charge in [-0.15, -0.1) is 0 Å². The standard InChI is InChI=1S/C16H23BrN2O3.C10H17NO3.C6H5Br2N.C4H9.Li/c1-11-9-12(17)10-18-13(11)16(21)5-7-19(8-6-16)14(20)22-15(2,3)4;1-10(2,3)14-9(13)11-6-4-8(12)5-7-11;1-4-2-5(7)3-9-6(4)8;1-3-4-2;/h9-10,21H,5-8H2,1-4H3;4-7H2,1-3H3;2-3H,1H3;1,3-4H2,2H3;/q;;;-1;+1. The minimum atomic E-state index is -0.983. The molecule has 4 heterocycles. The van der Waals surface area contributed by atoms with Crippen molar-refractivity contribution in [1.29, 1.82) is 0 Å². The maximum Gasteiger partial charge on any atom is 1.00 e. The Balaban J connectivity index is 0.000000733. The van der Waals surface area contributed by atoms with Gasteiger partial charge in [-0.05, 0) is 139 Å². The smallest absolute Gasteiger partial charge is 0.444 e. The van der Waals surface area contributed by atoms with Crippen molar-refractivity contribution in [3.05, 3.63) is 61.8 Å². The van der Waals surface area contributed by atoms with Crippen LogP contribution in [0.4, 0.5) is 9.59 Å². The number of halogens is 3. The number of ether oxygens (including phenoxy) is 2. The second kappa shape index (κ2) is 22.5. The van der Waals surface area contributed by atoms with Gasteiger partial charge in [-0.2, -0.15) is 6.42 Å². The van der Waals surface area contributed by atoms with Crippen molar-refractivity contribution in [2.75, 3.05) is 26.2 Å². The number of unbranched alkanes of at least 4 members (excludes halogenated alkanes) is 1. The Hall–Kier alpha value is -1.49. The third-order valence-electron chi connectivity index (χ3n) is 7.04. The molecule has 10 nitrogen and oxygen atoms in total. The predicted molar refractivity (Wildman–Crippen MR) is 204 cm³/mol. The van der Waals surface area contributed by atoms with E-state index in [9.17, 15) is 19.5 Å². The number of aryl methyl sites for hydroxylation is 2. The Bertz CT molecular complexity index is 1360. The zero-order valence-corrected chi connectivity index (χ0v) is 36.3. The molecule has 0 radical (unpaired) electrons. The summed E-state index contributed by atoms with van der Waals surface area (Å²) in [5, 5.41) is 10.9. The van der Waals surface area contributed by atoms with Crippen LogP contribution in [0.1, 0.15) is 104 Å². The molecule has 0 unspecified atom stereocenters. The van der Waals surface area contributed by atoms with E-state index in [1.807, 2.05) is 67.5 Å².